The highest BCUT2D eigenvalue weighted by Gasteiger charge is 2.33. The quantitative estimate of drug-likeness (QED) is 0.436. The van der Waals surface area contributed by atoms with Gasteiger partial charge in [-0.05, 0) is 37.1 Å². The van der Waals surface area contributed by atoms with Gasteiger partial charge in [-0.25, -0.2) is 19.9 Å². The smallest absolute Gasteiger partial charge is 0.322 e. The molecule has 4 heterocycles. The number of nitrogens with zero attached hydrogens (tertiary/aromatic N) is 6. The SMILES string of the molecule is Cc1ccnc(Oc2ccc(-c3c([C@@H]4CCN(C(=O)CCl)C4)n(C)c4ncnc(N)c34)cc2)n1. The zero-order chi connectivity index (χ0) is 23.8. The summed E-state index contributed by atoms with van der Waals surface area (Å²) in [6, 6.07) is 9.82. The molecule has 0 radical (unpaired) electrons. The number of hydrogen-bond donors (Lipinski definition) is 1. The Morgan fingerprint density at radius 1 is 1.21 bits per heavy atom. The number of halogens is 1. The number of carbonyl (C=O) groups excluding carboxylic acids is 1. The molecule has 1 atom stereocenters. The molecule has 0 spiro atoms. The third-order valence-electron chi connectivity index (χ3n) is 6.21. The van der Waals surface area contributed by atoms with E-state index in [1.54, 1.807) is 6.20 Å². The second-order valence-corrected chi connectivity index (χ2v) is 8.61. The van der Waals surface area contributed by atoms with Gasteiger partial charge in [0.25, 0.3) is 0 Å². The zero-order valence-electron chi connectivity index (χ0n) is 18.9. The van der Waals surface area contributed by atoms with Crippen LogP contribution >= 0.6 is 11.6 Å². The molecule has 0 unspecified atom stereocenters. The number of likely N-dealkylation sites (tertiary alicyclic amines) is 1. The minimum absolute atomic E-state index is 0.0147. The van der Waals surface area contributed by atoms with Crippen molar-refractivity contribution in [3.05, 3.63) is 54.2 Å². The monoisotopic (exact) mass is 477 g/mol. The maximum absolute atomic E-state index is 12.2. The van der Waals surface area contributed by atoms with Gasteiger partial charge in [-0.3, -0.25) is 4.79 Å². The molecule has 1 amide bonds. The molecule has 0 aliphatic carbocycles. The van der Waals surface area contributed by atoms with Gasteiger partial charge in [-0.15, -0.1) is 11.6 Å². The molecule has 0 bridgehead atoms. The zero-order valence-corrected chi connectivity index (χ0v) is 19.7. The first-order valence-corrected chi connectivity index (χ1v) is 11.5. The van der Waals surface area contributed by atoms with Crippen molar-refractivity contribution in [1.82, 2.24) is 29.4 Å². The number of aromatic nitrogens is 5. The van der Waals surface area contributed by atoms with Gasteiger partial charge in [0.2, 0.25) is 5.91 Å². The van der Waals surface area contributed by atoms with Crippen LogP contribution in [0.5, 0.6) is 11.8 Å². The number of nitrogen functional groups attached to an aromatic ring is 1. The van der Waals surface area contributed by atoms with Gasteiger partial charge in [0.1, 0.15) is 29.4 Å². The van der Waals surface area contributed by atoms with Crippen molar-refractivity contribution < 1.29 is 9.53 Å². The van der Waals surface area contributed by atoms with Crippen LogP contribution in [0.1, 0.15) is 23.7 Å². The molecule has 5 rings (SSSR count). The number of aryl methyl sites for hydroxylation is 2. The Labute approximate surface area is 201 Å². The number of fused-ring (bicyclic) bond motifs is 1. The molecule has 1 fully saturated rings. The first kappa shape index (κ1) is 22.1. The largest absolute Gasteiger partial charge is 0.424 e. The Morgan fingerprint density at radius 3 is 2.74 bits per heavy atom. The van der Waals surface area contributed by atoms with E-state index in [9.17, 15) is 4.79 Å². The van der Waals surface area contributed by atoms with Crippen LogP contribution in [0.4, 0.5) is 5.82 Å². The molecule has 2 N–H and O–H groups in total. The van der Waals surface area contributed by atoms with E-state index in [-0.39, 0.29) is 17.7 Å². The van der Waals surface area contributed by atoms with Gasteiger partial charge in [0.15, 0.2) is 0 Å². The second-order valence-electron chi connectivity index (χ2n) is 8.34. The molecule has 9 nitrogen and oxygen atoms in total. The van der Waals surface area contributed by atoms with Crippen molar-refractivity contribution >= 4 is 34.4 Å². The molecule has 34 heavy (non-hydrogen) atoms. The van der Waals surface area contributed by atoms with Crippen molar-refractivity contribution in [2.45, 2.75) is 19.3 Å². The fourth-order valence-electron chi connectivity index (χ4n) is 4.63. The summed E-state index contributed by atoms with van der Waals surface area (Å²) in [6.45, 7) is 3.15. The van der Waals surface area contributed by atoms with Crippen LogP contribution in [0, 0.1) is 6.92 Å². The lowest BCUT2D eigenvalue weighted by molar-refractivity contribution is -0.127. The van der Waals surface area contributed by atoms with Gasteiger partial charge in [0.05, 0.1) is 5.39 Å². The summed E-state index contributed by atoms with van der Waals surface area (Å²) in [6.07, 6.45) is 3.97. The number of nitrogens with two attached hydrogens (primary N) is 1. The predicted octanol–water partition coefficient (Wildman–Crippen LogP) is 3.66. The molecule has 1 saturated heterocycles. The summed E-state index contributed by atoms with van der Waals surface area (Å²) >= 11 is 5.80. The summed E-state index contributed by atoms with van der Waals surface area (Å²) in [5.41, 5.74) is 10.9. The lowest BCUT2D eigenvalue weighted by atomic mass is 9.94. The van der Waals surface area contributed by atoms with Crippen LogP contribution in [-0.2, 0) is 11.8 Å². The van der Waals surface area contributed by atoms with E-state index in [1.807, 2.05) is 49.2 Å². The molecular weight excluding hydrogens is 454 g/mol. The number of benzene rings is 1. The fourth-order valence-corrected chi connectivity index (χ4v) is 4.80. The van der Waals surface area contributed by atoms with Crippen molar-refractivity contribution in [2.75, 3.05) is 24.7 Å². The van der Waals surface area contributed by atoms with Gasteiger partial charge < -0.3 is 19.9 Å². The average Bonchev–Trinajstić information content (AvgIpc) is 3.43. The van der Waals surface area contributed by atoms with Crippen LogP contribution < -0.4 is 10.5 Å². The molecule has 0 saturated carbocycles. The van der Waals surface area contributed by atoms with Crippen molar-refractivity contribution in [3.8, 4) is 22.9 Å². The van der Waals surface area contributed by atoms with Crippen LogP contribution in [0.2, 0.25) is 0 Å². The minimum Gasteiger partial charge on any atom is -0.424 e. The Bertz CT molecular complexity index is 1370. The second kappa shape index (κ2) is 8.90. The fraction of sp³-hybridized carbons (Fsp3) is 0.292. The minimum atomic E-state index is -0.0522. The van der Waals surface area contributed by atoms with E-state index in [0.29, 0.717) is 30.7 Å². The lowest BCUT2D eigenvalue weighted by Gasteiger charge is -2.17. The molecular formula is C24H24ClN7O2. The standard InChI is InChI=1S/C24H24ClN7O2/c1-14-7-9-27-24(30-14)34-17-5-3-15(4-6-17)19-20-22(26)28-13-29-23(20)31(2)21(19)16-8-10-32(12-16)18(33)11-25/h3-7,9,13,16H,8,10-12H2,1-2H3,(H2,26,28,29)/t16-/m1/s1. The summed E-state index contributed by atoms with van der Waals surface area (Å²) in [5, 5.41) is 0.804. The predicted molar refractivity (Wildman–Crippen MR) is 130 cm³/mol. The topological polar surface area (TPSA) is 112 Å². The highest BCUT2D eigenvalue weighted by Crippen LogP contribution is 2.42. The first-order valence-electron chi connectivity index (χ1n) is 11.0. The van der Waals surface area contributed by atoms with E-state index in [2.05, 4.69) is 24.5 Å². The molecule has 1 aliphatic heterocycles. The molecule has 4 aromatic rings. The molecule has 1 aromatic carbocycles. The lowest BCUT2D eigenvalue weighted by Crippen LogP contribution is -2.29. The normalized spacial score (nSPS) is 15.7. The summed E-state index contributed by atoms with van der Waals surface area (Å²) in [4.78, 5) is 31.2. The number of amides is 1. The summed E-state index contributed by atoms with van der Waals surface area (Å²) in [5.74, 6) is 1.10. The first-order chi connectivity index (χ1) is 16.5. The Hall–Kier alpha value is -3.72. The molecule has 174 valence electrons. The number of carbonyl (C=O) groups is 1. The summed E-state index contributed by atoms with van der Waals surface area (Å²) < 4.78 is 7.88. The van der Waals surface area contributed by atoms with Crippen LogP contribution in [0.3, 0.4) is 0 Å². The van der Waals surface area contributed by atoms with E-state index in [0.717, 1.165) is 40.0 Å². The van der Waals surface area contributed by atoms with Gasteiger partial charge in [-0.1, -0.05) is 12.1 Å². The number of hydrogen-bond acceptors (Lipinski definition) is 7. The van der Waals surface area contributed by atoms with Crippen LogP contribution in [-0.4, -0.2) is 54.3 Å². The van der Waals surface area contributed by atoms with E-state index in [1.165, 1.54) is 6.33 Å². The maximum Gasteiger partial charge on any atom is 0.322 e. The Kier molecular flexibility index (Phi) is 5.79. The number of ether oxygens (including phenoxy) is 1. The highest BCUT2D eigenvalue weighted by molar-refractivity contribution is 6.27. The highest BCUT2D eigenvalue weighted by atomic mass is 35.5. The average molecular weight is 478 g/mol. The van der Waals surface area contributed by atoms with Gasteiger partial charge in [-0.2, -0.15) is 0 Å². The Morgan fingerprint density at radius 2 is 2.00 bits per heavy atom. The number of alkyl halides is 1. The van der Waals surface area contributed by atoms with E-state index >= 15 is 0 Å². The molecule has 1 aliphatic rings. The van der Waals surface area contributed by atoms with Crippen LogP contribution in [0.15, 0.2) is 42.9 Å². The number of rotatable bonds is 5. The molecule has 3 aromatic heterocycles. The van der Waals surface area contributed by atoms with E-state index < -0.39 is 0 Å². The van der Waals surface area contributed by atoms with Crippen molar-refractivity contribution in [3.63, 3.8) is 0 Å². The van der Waals surface area contributed by atoms with E-state index in [4.69, 9.17) is 22.1 Å². The number of anilines is 1. The van der Waals surface area contributed by atoms with Crippen LogP contribution in [0.25, 0.3) is 22.2 Å². The maximum atomic E-state index is 12.2. The summed E-state index contributed by atoms with van der Waals surface area (Å²) in [7, 11) is 1.98. The van der Waals surface area contributed by atoms with Gasteiger partial charge >= 0.3 is 6.01 Å². The Balaban J connectivity index is 1.56. The van der Waals surface area contributed by atoms with Crippen molar-refractivity contribution in [1.29, 1.82) is 0 Å². The third-order valence-corrected chi connectivity index (χ3v) is 6.44. The third kappa shape index (κ3) is 3.92. The molecule has 10 heteroatoms. The van der Waals surface area contributed by atoms with Gasteiger partial charge in [0, 0.05) is 49.2 Å². The van der Waals surface area contributed by atoms with Crippen molar-refractivity contribution in [2.24, 2.45) is 7.05 Å².